The largest absolute Gasteiger partial charge is 0.415 e. The van der Waals surface area contributed by atoms with Crippen molar-refractivity contribution in [2.75, 3.05) is 23.0 Å². The maximum atomic E-state index is 13.3. The Morgan fingerprint density at radius 1 is 1.09 bits per heavy atom. The summed E-state index contributed by atoms with van der Waals surface area (Å²) in [6.07, 6.45) is 7.35. The van der Waals surface area contributed by atoms with Crippen LogP contribution in [0.5, 0.6) is 0 Å². The molecule has 1 amide bonds. The van der Waals surface area contributed by atoms with Gasteiger partial charge in [0.2, 0.25) is 0 Å². The lowest BCUT2D eigenvalue weighted by molar-refractivity contribution is 0.102. The lowest BCUT2D eigenvalue weighted by Gasteiger charge is -2.37. The number of rotatable bonds is 9. The molecule has 1 fully saturated rings. The molecule has 1 saturated carbocycles. The van der Waals surface area contributed by atoms with Crippen molar-refractivity contribution < 1.29 is 9.22 Å². The Bertz CT molecular complexity index is 1730. The highest BCUT2D eigenvalue weighted by molar-refractivity contribution is 7.99. The Hall–Kier alpha value is -3.47. The Kier molecular flexibility index (Phi) is 9.65. The first-order chi connectivity index (χ1) is 22.4. The first-order valence-corrected chi connectivity index (χ1v) is 20.7. The van der Waals surface area contributed by atoms with E-state index in [9.17, 15) is 4.79 Å². The van der Waals surface area contributed by atoms with Crippen molar-refractivity contribution in [2.45, 2.75) is 89.8 Å². The number of hydrogen-bond donors (Lipinski definition) is 2. The minimum atomic E-state index is -1.94. The van der Waals surface area contributed by atoms with Gasteiger partial charge in [-0.1, -0.05) is 39.3 Å². The van der Waals surface area contributed by atoms with Gasteiger partial charge in [0.25, 0.3) is 5.91 Å². The third-order valence-electron chi connectivity index (χ3n) is 10.1. The van der Waals surface area contributed by atoms with Crippen LogP contribution >= 0.6 is 11.8 Å². The van der Waals surface area contributed by atoms with Crippen LogP contribution < -0.4 is 10.6 Å². The molecular weight excluding hydrogens is 621 g/mol. The van der Waals surface area contributed by atoms with Crippen LogP contribution in [0.15, 0.2) is 60.9 Å². The molecule has 0 saturated heterocycles. The first-order valence-electron chi connectivity index (χ1n) is 16.8. The molecule has 47 heavy (non-hydrogen) atoms. The van der Waals surface area contributed by atoms with E-state index in [0.29, 0.717) is 18.1 Å². The lowest BCUT2D eigenvalue weighted by Crippen LogP contribution is -2.44. The molecule has 8 nitrogen and oxygen atoms in total. The minimum absolute atomic E-state index is 0.000182. The molecular formula is C37H48N6O2SSi. The molecule has 3 aromatic heterocycles. The highest BCUT2D eigenvalue weighted by Crippen LogP contribution is 2.48. The molecule has 0 radical (unpaired) electrons. The van der Waals surface area contributed by atoms with Crippen molar-refractivity contribution in [3.05, 3.63) is 88.9 Å². The van der Waals surface area contributed by atoms with Gasteiger partial charge in [-0.3, -0.25) is 14.8 Å². The number of benzene rings is 1. The summed E-state index contributed by atoms with van der Waals surface area (Å²) in [5.41, 5.74) is 7.34. The maximum Gasteiger partial charge on any atom is 0.255 e. The van der Waals surface area contributed by atoms with Crippen molar-refractivity contribution in [1.82, 2.24) is 19.7 Å². The standard InChI is InChI=1S/C37H48N6O2SSi/c1-24-20-27(36(44)41-30-15-11-19-38-25(30)2)16-17-29(24)34-32-33(31-14-8-9-18-39-31)42-43(21-26-12-10-13-26)35(32)40-28(23-46-34)22-45-47(6,7)37(3,4)5/h8-9,11,14-20,26,28,34,40H,10,12-13,21-23H2,1-7H3,(H,41,44). The smallest absolute Gasteiger partial charge is 0.255 e. The number of aromatic nitrogens is 4. The van der Waals surface area contributed by atoms with Crippen molar-refractivity contribution in [3.8, 4) is 11.4 Å². The number of amides is 1. The summed E-state index contributed by atoms with van der Waals surface area (Å²) in [4.78, 5) is 22.4. The highest BCUT2D eigenvalue weighted by atomic mass is 32.2. The predicted octanol–water partition coefficient (Wildman–Crippen LogP) is 8.65. The molecule has 2 atom stereocenters. The van der Waals surface area contributed by atoms with Crippen LogP contribution in [0.2, 0.25) is 18.1 Å². The number of nitrogens with one attached hydrogen (secondary N) is 2. The Morgan fingerprint density at radius 2 is 1.87 bits per heavy atom. The molecule has 2 aliphatic rings. The van der Waals surface area contributed by atoms with E-state index in [1.54, 1.807) is 6.20 Å². The number of anilines is 2. The molecule has 10 heteroatoms. The van der Waals surface area contributed by atoms with Crippen LogP contribution in [-0.2, 0) is 11.0 Å². The number of thioether (sulfide) groups is 1. The molecule has 6 rings (SSSR count). The number of aryl methyl sites for hydroxylation is 2. The second-order valence-corrected chi connectivity index (χ2v) is 20.5. The monoisotopic (exact) mass is 668 g/mol. The molecule has 1 aromatic carbocycles. The summed E-state index contributed by atoms with van der Waals surface area (Å²) in [6, 6.07) is 16.0. The van der Waals surface area contributed by atoms with E-state index in [-0.39, 0.29) is 22.2 Å². The molecule has 4 aromatic rings. The van der Waals surface area contributed by atoms with Crippen molar-refractivity contribution >= 4 is 37.5 Å². The SMILES string of the molecule is Cc1cc(C(=O)Nc2cccnc2C)ccc1C1SCC(CO[Si](C)(C)C(C)(C)C)Nc2c1c(-c1ccccn1)nn2CC1CCC1. The predicted molar refractivity (Wildman–Crippen MR) is 196 cm³/mol. The molecule has 0 spiro atoms. The molecule has 4 heterocycles. The minimum Gasteiger partial charge on any atom is -0.415 e. The van der Waals surface area contributed by atoms with Crippen LogP contribution in [0.25, 0.3) is 11.4 Å². The van der Waals surface area contributed by atoms with E-state index >= 15 is 0 Å². The third kappa shape index (κ3) is 7.20. The zero-order valence-corrected chi connectivity index (χ0v) is 30.6. The van der Waals surface area contributed by atoms with Gasteiger partial charge in [0.1, 0.15) is 11.5 Å². The van der Waals surface area contributed by atoms with E-state index < -0.39 is 8.32 Å². The van der Waals surface area contributed by atoms with Gasteiger partial charge >= 0.3 is 0 Å². The zero-order valence-electron chi connectivity index (χ0n) is 28.8. The quantitative estimate of drug-likeness (QED) is 0.173. The summed E-state index contributed by atoms with van der Waals surface area (Å²) < 4.78 is 9.00. The Morgan fingerprint density at radius 3 is 2.53 bits per heavy atom. The summed E-state index contributed by atoms with van der Waals surface area (Å²) in [7, 11) is -1.94. The topological polar surface area (TPSA) is 94.0 Å². The average Bonchev–Trinajstić information content (AvgIpc) is 3.25. The van der Waals surface area contributed by atoms with Gasteiger partial charge in [0.05, 0.1) is 35.0 Å². The number of nitrogens with zero attached hydrogens (tertiary/aromatic N) is 4. The lowest BCUT2D eigenvalue weighted by atomic mass is 9.85. The van der Waals surface area contributed by atoms with Gasteiger partial charge in [-0.25, -0.2) is 4.68 Å². The molecule has 2 N–H and O–H groups in total. The zero-order chi connectivity index (χ0) is 33.3. The first kappa shape index (κ1) is 33.4. The fourth-order valence-corrected chi connectivity index (χ4v) is 8.42. The molecule has 1 aliphatic heterocycles. The van der Waals surface area contributed by atoms with Gasteiger partial charge < -0.3 is 15.1 Å². The highest BCUT2D eigenvalue weighted by Gasteiger charge is 2.39. The number of pyridine rings is 2. The average molecular weight is 669 g/mol. The van der Waals surface area contributed by atoms with Crippen molar-refractivity contribution in [1.29, 1.82) is 0 Å². The number of fused-ring (bicyclic) bond motifs is 1. The van der Waals surface area contributed by atoms with Crippen molar-refractivity contribution in [3.63, 3.8) is 0 Å². The summed E-state index contributed by atoms with van der Waals surface area (Å²) in [5.74, 6) is 2.44. The van der Waals surface area contributed by atoms with Crippen LogP contribution in [0.3, 0.4) is 0 Å². The maximum absolute atomic E-state index is 13.3. The van der Waals surface area contributed by atoms with Crippen LogP contribution in [0.1, 0.15) is 78.0 Å². The summed E-state index contributed by atoms with van der Waals surface area (Å²) in [6.45, 7) is 17.1. The summed E-state index contributed by atoms with van der Waals surface area (Å²) >= 11 is 1.92. The number of hydrogen-bond acceptors (Lipinski definition) is 7. The van der Waals surface area contributed by atoms with Gasteiger partial charge in [-0.15, -0.1) is 11.8 Å². The van der Waals surface area contributed by atoms with Crippen molar-refractivity contribution in [2.24, 2.45) is 5.92 Å². The second kappa shape index (κ2) is 13.6. The fraction of sp³-hybridized carbons (Fsp3) is 0.459. The van der Waals surface area contributed by atoms with E-state index in [1.165, 1.54) is 24.8 Å². The summed E-state index contributed by atoms with van der Waals surface area (Å²) in [5, 5.41) is 12.4. The van der Waals surface area contributed by atoms with Crippen LogP contribution in [0.4, 0.5) is 11.5 Å². The number of carbonyl (C=O) groups is 1. The molecule has 1 aliphatic carbocycles. The molecule has 248 valence electrons. The van der Waals surface area contributed by atoms with E-state index in [2.05, 4.69) is 73.2 Å². The molecule has 2 unspecified atom stereocenters. The van der Waals surface area contributed by atoms with Gasteiger partial charge in [-0.05, 0) is 98.3 Å². The van der Waals surface area contributed by atoms with E-state index in [1.807, 2.05) is 61.3 Å². The Labute approximate surface area is 284 Å². The number of carbonyl (C=O) groups excluding carboxylic acids is 1. The van der Waals surface area contributed by atoms with E-state index in [0.717, 1.165) is 52.0 Å². The normalized spacial score (nSPS) is 18.5. The third-order valence-corrected chi connectivity index (χ3v) is 16.1. The van der Waals surface area contributed by atoms with Crippen LogP contribution in [-0.4, -0.2) is 52.4 Å². The Balaban J connectivity index is 1.39. The fourth-order valence-electron chi connectivity index (χ4n) is 5.93. The van der Waals surface area contributed by atoms with Gasteiger partial charge in [0, 0.05) is 35.8 Å². The van der Waals surface area contributed by atoms with E-state index in [4.69, 9.17) is 14.5 Å². The van der Waals surface area contributed by atoms with Gasteiger partial charge in [0.15, 0.2) is 8.32 Å². The second-order valence-electron chi connectivity index (χ2n) is 14.6. The molecule has 0 bridgehead atoms. The van der Waals surface area contributed by atoms with Gasteiger partial charge in [-0.2, -0.15) is 5.10 Å². The van der Waals surface area contributed by atoms with Crippen LogP contribution in [0, 0.1) is 19.8 Å².